The van der Waals surface area contributed by atoms with Crippen LogP contribution in [0.25, 0.3) is 0 Å². The van der Waals surface area contributed by atoms with Crippen LogP contribution in [-0.4, -0.2) is 63.3 Å². The Hall–Kier alpha value is -3.24. The molecule has 2 aromatic rings. The van der Waals surface area contributed by atoms with Gasteiger partial charge in [0.05, 0.1) is 17.3 Å². The third kappa shape index (κ3) is 5.07. The molecule has 0 N–H and O–H groups in total. The number of halogens is 1. The summed E-state index contributed by atoms with van der Waals surface area (Å²) in [6.45, 7) is 4.48. The van der Waals surface area contributed by atoms with Crippen molar-refractivity contribution in [3.8, 4) is 6.07 Å². The maximum absolute atomic E-state index is 14.3. The number of likely N-dealkylation sites (N-methyl/N-ethyl adjacent to an activating group) is 1. The molecule has 0 saturated carbocycles. The Morgan fingerprint density at radius 3 is 2.64 bits per heavy atom. The monoisotopic (exact) mass is 448 g/mol. The van der Waals surface area contributed by atoms with Gasteiger partial charge in [-0.1, -0.05) is 0 Å². The van der Waals surface area contributed by atoms with E-state index in [1.807, 2.05) is 23.1 Å². The molecular formula is C26H29FN4O2. The Labute approximate surface area is 194 Å². The maximum Gasteiger partial charge on any atom is 0.164 e. The largest absolute Gasteiger partial charge is 0.374 e. The number of aryl methyl sites for hydroxylation is 1. The third-order valence-corrected chi connectivity index (χ3v) is 6.66. The molecule has 1 fully saturated rings. The first-order valence-electron chi connectivity index (χ1n) is 11.5. The zero-order valence-corrected chi connectivity index (χ0v) is 19.0. The minimum Gasteiger partial charge on any atom is -0.374 e. The highest BCUT2D eigenvalue weighted by Crippen LogP contribution is 2.33. The maximum atomic E-state index is 14.3. The molecule has 0 aromatic heterocycles. The predicted molar refractivity (Wildman–Crippen MR) is 127 cm³/mol. The van der Waals surface area contributed by atoms with Gasteiger partial charge in [0.1, 0.15) is 12.1 Å². The van der Waals surface area contributed by atoms with Crippen molar-refractivity contribution in [2.24, 2.45) is 0 Å². The van der Waals surface area contributed by atoms with Crippen LogP contribution in [-0.2, 0) is 17.6 Å². The van der Waals surface area contributed by atoms with E-state index in [2.05, 4.69) is 16.8 Å². The average Bonchev–Trinajstić information content (AvgIpc) is 3.22. The van der Waals surface area contributed by atoms with Crippen molar-refractivity contribution < 1.29 is 14.0 Å². The van der Waals surface area contributed by atoms with E-state index in [-0.39, 0.29) is 11.6 Å². The van der Waals surface area contributed by atoms with Crippen LogP contribution in [0.3, 0.4) is 0 Å². The molecule has 2 aliphatic rings. The number of nitrogens with zero attached hydrogens (tertiary/aromatic N) is 4. The molecule has 2 heterocycles. The topological polar surface area (TPSA) is 67.7 Å². The van der Waals surface area contributed by atoms with Crippen molar-refractivity contribution in [1.82, 2.24) is 4.90 Å². The van der Waals surface area contributed by atoms with Crippen LogP contribution in [0.4, 0.5) is 15.8 Å². The number of aldehydes is 1. The summed E-state index contributed by atoms with van der Waals surface area (Å²) < 4.78 is 14.3. The predicted octanol–water partition coefficient (Wildman–Crippen LogP) is 3.22. The number of hydrogen-bond donors (Lipinski definition) is 0. The van der Waals surface area contributed by atoms with Gasteiger partial charge in [0, 0.05) is 70.4 Å². The number of anilines is 2. The van der Waals surface area contributed by atoms with E-state index >= 15 is 0 Å². The highest BCUT2D eigenvalue weighted by molar-refractivity contribution is 5.97. The molecule has 2 aliphatic heterocycles. The van der Waals surface area contributed by atoms with E-state index in [1.165, 1.54) is 17.3 Å². The van der Waals surface area contributed by atoms with Crippen molar-refractivity contribution in [2.75, 3.05) is 56.1 Å². The lowest BCUT2D eigenvalue weighted by molar-refractivity contribution is -0.107. The van der Waals surface area contributed by atoms with Gasteiger partial charge in [0.2, 0.25) is 0 Å². The fraction of sp³-hybridized carbons (Fsp3) is 0.423. The van der Waals surface area contributed by atoms with E-state index in [1.54, 1.807) is 12.1 Å². The van der Waals surface area contributed by atoms with Crippen molar-refractivity contribution in [3.05, 3.63) is 58.4 Å². The first-order valence-corrected chi connectivity index (χ1v) is 11.5. The van der Waals surface area contributed by atoms with Crippen molar-refractivity contribution in [3.63, 3.8) is 0 Å². The van der Waals surface area contributed by atoms with E-state index in [0.717, 1.165) is 43.5 Å². The van der Waals surface area contributed by atoms with Crippen LogP contribution in [0.1, 0.15) is 39.9 Å². The second-order valence-corrected chi connectivity index (χ2v) is 8.80. The molecule has 172 valence electrons. The van der Waals surface area contributed by atoms with Crippen LogP contribution < -0.4 is 9.80 Å². The second-order valence-electron chi connectivity index (χ2n) is 8.80. The lowest BCUT2D eigenvalue weighted by Crippen LogP contribution is -2.47. The molecule has 6 nitrogen and oxygen atoms in total. The molecule has 33 heavy (non-hydrogen) atoms. The Balaban J connectivity index is 1.34. The third-order valence-electron chi connectivity index (χ3n) is 6.66. The molecule has 0 bridgehead atoms. The van der Waals surface area contributed by atoms with E-state index in [9.17, 15) is 14.0 Å². The normalized spacial score (nSPS) is 15.9. The molecule has 2 aromatic carbocycles. The highest BCUT2D eigenvalue weighted by atomic mass is 19.1. The van der Waals surface area contributed by atoms with E-state index < -0.39 is 0 Å². The van der Waals surface area contributed by atoms with E-state index in [0.29, 0.717) is 50.1 Å². The number of fused-ring (bicyclic) bond motifs is 1. The van der Waals surface area contributed by atoms with Gasteiger partial charge >= 0.3 is 0 Å². The molecule has 0 unspecified atom stereocenters. The molecule has 1 saturated heterocycles. The molecule has 0 aliphatic carbocycles. The van der Waals surface area contributed by atoms with Gasteiger partial charge in [-0.2, -0.15) is 5.26 Å². The number of Topliss-reactive ketones (excluding diaryl/α,β-unsaturated/α-hetero) is 1. The van der Waals surface area contributed by atoms with Gasteiger partial charge in [-0.25, -0.2) is 4.39 Å². The average molecular weight is 449 g/mol. The molecule has 0 amide bonds. The second kappa shape index (κ2) is 10.1. The number of rotatable bonds is 8. The number of benzene rings is 2. The Kier molecular flexibility index (Phi) is 7.05. The summed E-state index contributed by atoms with van der Waals surface area (Å²) in [5.74, 6) is -0.245. The number of hydrogen-bond acceptors (Lipinski definition) is 6. The fourth-order valence-electron chi connectivity index (χ4n) is 4.86. The zero-order valence-electron chi connectivity index (χ0n) is 19.0. The first kappa shape index (κ1) is 22.9. The van der Waals surface area contributed by atoms with Gasteiger partial charge in [-0.05, 0) is 54.3 Å². The van der Waals surface area contributed by atoms with Crippen LogP contribution in [0, 0.1) is 17.1 Å². The van der Waals surface area contributed by atoms with Gasteiger partial charge < -0.3 is 14.6 Å². The summed E-state index contributed by atoms with van der Waals surface area (Å²) in [6, 6.07) is 10.5. The number of carbonyl (C=O) groups excluding carboxylic acids is 2. The Morgan fingerprint density at radius 1 is 1.15 bits per heavy atom. The van der Waals surface area contributed by atoms with Crippen LogP contribution >= 0.6 is 0 Å². The van der Waals surface area contributed by atoms with Crippen molar-refractivity contribution in [1.29, 1.82) is 5.26 Å². The smallest absolute Gasteiger partial charge is 0.164 e. The number of carbonyl (C=O) groups is 2. The SMILES string of the molecule is CN1CCc2cc(C(=O)CCN3CCN(c4ccc(C#N)cc4F)CC3)cc(CCC=O)c21. The van der Waals surface area contributed by atoms with Crippen molar-refractivity contribution >= 4 is 23.4 Å². The van der Waals surface area contributed by atoms with Gasteiger partial charge in [-0.3, -0.25) is 9.69 Å². The summed E-state index contributed by atoms with van der Waals surface area (Å²) in [7, 11) is 2.06. The molecule has 7 heteroatoms. The standard InChI is InChI=1S/C26H29FN4O2/c1-29-8-6-21-17-22(16-20(26(21)29)3-2-14-32)25(33)7-9-30-10-12-31(13-11-30)24-5-4-19(18-28)15-23(24)27/h4-5,14-17H,2-3,6-13H2,1H3. The fourth-order valence-corrected chi connectivity index (χ4v) is 4.86. The first-order chi connectivity index (χ1) is 16.0. The van der Waals surface area contributed by atoms with Gasteiger partial charge in [-0.15, -0.1) is 0 Å². The van der Waals surface area contributed by atoms with E-state index in [4.69, 9.17) is 5.26 Å². The van der Waals surface area contributed by atoms with Crippen LogP contribution in [0.5, 0.6) is 0 Å². The van der Waals surface area contributed by atoms with Gasteiger partial charge in [0.25, 0.3) is 0 Å². The Morgan fingerprint density at radius 2 is 1.94 bits per heavy atom. The zero-order chi connectivity index (χ0) is 23.4. The number of piperazine rings is 1. The van der Waals surface area contributed by atoms with Crippen LogP contribution in [0.15, 0.2) is 30.3 Å². The highest BCUT2D eigenvalue weighted by Gasteiger charge is 2.23. The summed E-state index contributed by atoms with van der Waals surface area (Å²) in [6.07, 6.45) is 3.41. The lowest BCUT2D eigenvalue weighted by Gasteiger charge is -2.36. The molecule has 0 spiro atoms. The minimum absolute atomic E-state index is 0.125. The molecule has 4 rings (SSSR count). The van der Waals surface area contributed by atoms with Crippen molar-refractivity contribution in [2.45, 2.75) is 25.7 Å². The Bertz CT molecular complexity index is 1090. The quantitative estimate of drug-likeness (QED) is 0.456. The summed E-state index contributed by atoms with van der Waals surface area (Å²) in [5.41, 5.74) is 5.04. The van der Waals surface area contributed by atoms with Crippen LogP contribution in [0.2, 0.25) is 0 Å². The summed E-state index contributed by atoms with van der Waals surface area (Å²) in [5, 5.41) is 8.91. The summed E-state index contributed by atoms with van der Waals surface area (Å²) >= 11 is 0. The number of ketones is 1. The molecular weight excluding hydrogens is 419 g/mol. The molecule has 0 atom stereocenters. The minimum atomic E-state index is -0.370. The number of nitriles is 1. The van der Waals surface area contributed by atoms with Gasteiger partial charge in [0.15, 0.2) is 5.78 Å². The summed E-state index contributed by atoms with van der Waals surface area (Å²) in [4.78, 5) is 30.3. The molecule has 0 radical (unpaired) electrons. The lowest BCUT2D eigenvalue weighted by atomic mass is 9.96.